The first kappa shape index (κ1) is 19.1. The van der Waals surface area contributed by atoms with Gasteiger partial charge in [-0.1, -0.05) is 50.6 Å². The Morgan fingerprint density at radius 1 is 0.708 bits per heavy atom. The number of hydrogen-bond acceptors (Lipinski definition) is 0. The van der Waals surface area contributed by atoms with Crippen LogP contribution in [0.15, 0.2) is 51.9 Å². The van der Waals surface area contributed by atoms with Crippen LogP contribution in [0, 0.1) is 0 Å². The first-order valence-electron chi connectivity index (χ1n) is 6.34. The zero-order valence-corrected chi connectivity index (χ0v) is 14.9. The number of benzene rings is 2. The molecule has 0 saturated carbocycles. The highest BCUT2D eigenvalue weighted by molar-refractivity contribution is 9.10. The van der Waals surface area contributed by atoms with Gasteiger partial charge in [-0.05, 0) is 41.0 Å². The Labute approximate surface area is 150 Å². The molecule has 0 unspecified atom stereocenters. The summed E-state index contributed by atoms with van der Waals surface area (Å²) in [5.74, 6) is 0. The van der Waals surface area contributed by atoms with Gasteiger partial charge < -0.3 is 0 Å². The van der Waals surface area contributed by atoms with E-state index in [0.29, 0.717) is 0 Å². The molecule has 0 amide bonds. The zero-order chi connectivity index (χ0) is 18.3. The Morgan fingerprint density at radius 3 is 1.33 bits per heavy atom. The maximum Gasteiger partial charge on any atom is 0.417 e. The summed E-state index contributed by atoms with van der Waals surface area (Å²) in [7, 11) is 0. The van der Waals surface area contributed by atoms with E-state index in [0.717, 1.165) is 24.3 Å². The fourth-order valence-corrected chi connectivity index (χ4v) is 2.90. The van der Waals surface area contributed by atoms with Gasteiger partial charge in [0.15, 0.2) is 0 Å². The largest absolute Gasteiger partial charge is 0.417 e. The van der Waals surface area contributed by atoms with Crippen LogP contribution in [0.4, 0.5) is 26.3 Å². The van der Waals surface area contributed by atoms with E-state index >= 15 is 0 Å². The van der Waals surface area contributed by atoms with E-state index in [4.69, 9.17) is 0 Å². The minimum absolute atomic E-state index is 0.165. The van der Waals surface area contributed by atoms with Gasteiger partial charge in [0.1, 0.15) is 0 Å². The molecule has 24 heavy (non-hydrogen) atoms. The Hall–Kier alpha value is -1.28. The van der Waals surface area contributed by atoms with Gasteiger partial charge in [-0.25, -0.2) is 0 Å². The van der Waals surface area contributed by atoms with Crippen LogP contribution in [0.25, 0.3) is 5.57 Å². The van der Waals surface area contributed by atoms with Crippen molar-refractivity contribution in [2.75, 3.05) is 0 Å². The van der Waals surface area contributed by atoms with Gasteiger partial charge in [0.25, 0.3) is 0 Å². The lowest BCUT2D eigenvalue weighted by Crippen LogP contribution is -2.12. The molecule has 0 saturated heterocycles. The molecule has 0 atom stereocenters. The first-order chi connectivity index (χ1) is 10.9. The van der Waals surface area contributed by atoms with Crippen LogP contribution in [0.1, 0.15) is 22.3 Å². The fourth-order valence-electron chi connectivity index (χ4n) is 2.17. The lowest BCUT2D eigenvalue weighted by atomic mass is 9.91. The van der Waals surface area contributed by atoms with E-state index in [-0.39, 0.29) is 14.5 Å². The van der Waals surface area contributed by atoms with Gasteiger partial charge in [0.05, 0.1) is 11.1 Å². The Kier molecular flexibility index (Phi) is 5.20. The van der Waals surface area contributed by atoms with Crippen molar-refractivity contribution in [3.8, 4) is 0 Å². The van der Waals surface area contributed by atoms with Crippen molar-refractivity contribution >= 4 is 37.4 Å². The molecule has 0 fully saturated rings. The molecule has 0 N–H and O–H groups in total. The highest BCUT2D eigenvalue weighted by Crippen LogP contribution is 2.42. The quantitative estimate of drug-likeness (QED) is 0.401. The maximum atomic E-state index is 13.2. The van der Waals surface area contributed by atoms with Crippen molar-refractivity contribution in [1.82, 2.24) is 0 Å². The number of alkyl halides is 6. The SMILES string of the molecule is C=C(c1ccc(Br)cc1C(F)(F)F)c1ccc(Br)cc1C(F)(F)F. The van der Waals surface area contributed by atoms with Gasteiger partial charge in [0.2, 0.25) is 0 Å². The summed E-state index contributed by atoms with van der Waals surface area (Å²) in [6.45, 7) is 3.47. The molecule has 0 radical (unpaired) electrons. The minimum Gasteiger partial charge on any atom is -0.166 e. The van der Waals surface area contributed by atoms with E-state index in [9.17, 15) is 26.3 Å². The molecule has 0 aliphatic heterocycles. The van der Waals surface area contributed by atoms with Crippen molar-refractivity contribution < 1.29 is 26.3 Å². The Morgan fingerprint density at radius 2 is 1.04 bits per heavy atom. The molecule has 0 aromatic heterocycles. The van der Waals surface area contributed by atoms with Crippen molar-refractivity contribution in [2.24, 2.45) is 0 Å². The second kappa shape index (κ2) is 6.55. The lowest BCUT2D eigenvalue weighted by Gasteiger charge is -2.19. The summed E-state index contributed by atoms with van der Waals surface area (Å²) in [6.07, 6.45) is -9.45. The van der Waals surface area contributed by atoms with Crippen LogP contribution in [0.2, 0.25) is 0 Å². The molecule has 8 heteroatoms. The van der Waals surface area contributed by atoms with Gasteiger partial charge in [-0.2, -0.15) is 26.3 Å². The summed E-state index contributed by atoms with van der Waals surface area (Å²) in [5.41, 5.74) is -3.28. The lowest BCUT2D eigenvalue weighted by molar-refractivity contribution is -0.138. The summed E-state index contributed by atoms with van der Waals surface area (Å²) in [4.78, 5) is 0. The van der Waals surface area contributed by atoms with E-state index in [1.165, 1.54) is 12.1 Å². The van der Waals surface area contributed by atoms with Crippen LogP contribution in [0.5, 0.6) is 0 Å². The van der Waals surface area contributed by atoms with Gasteiger partial charge >= 0.3 is 12.4 Å². The average molecular weight is 474 g/mol. The predicted molar refractivity (Wildman–Crippen MR) is 86.4 cm³/mol. The van der Waals surface area contributed by atoms with Gasteiger partial charge in [-0.15, -0.1) is 0 Å². The predicted octanol–water partition coefficient (Wildman–Crippen LogP) is 7.31. The third-order valence-electron chi connectivity index (χ3n) is 3.22. The number of halogens is 8. The van der Waals surface area contributed by atoms with Gasteiger partial charge in [-0.3, -0.25) is 0 Å². The molecule has 2 aromatic carbocycles. The van der Waals surface area contributed by atoms with Crippen LogP contribution in [0.3, 0.4) is 0 Å². The average Bonchev–Trinajstić information content (AvgIpc) is 2.44. The molecule has 0 heterocycles. The highest BCUT2D eigenvalue weighted by Gasteiger charge is 2.37. The van der Waals surface area contributed by atoms with Crippen molar-refractivity contribution in [3.05, 3.63) is 74.2 Å². The van der Waals surface area contributed by atoms with E-state index < -0.39 is 34.6 Å². The molecule has 2 rings (SSSR count). The van der Waals surface area contributed by atoms with Crippen LogP contribution in [-0.2, 0) is 12.4 Å². The monoisotopic (exact) mass is 472 g/mol. The highest BCUT2D eigenvalue weighted by atomic mass is 79.9. The van der Waals surface area contributed by atoms with E-state index in [1.54, 1.807) is 0 Å². The van der Waals surface area contributed by atoms with Crippen LogP contribution < -0.4 is 0 Å². The fraction of sp³-hybridized carbons (Fsp3) is 0.125. The molecule has 0 aliphatic carbocycles. The summed E-state index contributed by atoms with van der Waals surface area (Å²) in [6, 6.07) is 6.46. The molecule has 0 spiro atoms. The molecule has 2 aromatic rings. The molecule has 0 aliphatic rings. The topological polar surface area (TPSA) is 0 Å². The van der Waals surface area contributed by atoms with Crippen LogP contribution in [-0.4, -0.2) is 0 Å². The first-order valence-corrected chi connectivity index (χ1v) is 7.93. The summed E-state index contributed by atoms with van der Waals surface area (Å²) < 4.78 is 79.6. The van der Waals surface area contributed by atoms with E-state index in [2.05, 4.69) is 38.4 Å². The number of hydrogen-bond donors (Lipinski definition) is 0. The second-order valence-corrected chi connectivity index (χ2v) is 6.69. The Bertz CT molecular complexity index is 725. The zero-order valence-electron chi connectivity index (χ0n) is 11.7. The minimum atomic E-state index is -4.73. The van der Waals surface area contributed by atoms with Crippen molar-refractivity contribution in [2.45, 2.75) is 12.4 Å². The van der Waals surface area contributed by atoms with E-state index in [1.807, 2.05) is 0 Å². The normalized spacial score (nSPS) is 12.3. The molecule has 128 valence electrons. The summed E-state index contributed by atoms with van der Waals surface area (Å²) in [5, 5.41) is 0. The molecule has 0 nitrogen and oxygen atoms in total. The second-order valence-electron chi connectivity index (χ2n) is 4.85. The third-order valence-corrected chi connectivity index (χ3v) is 4.21. The summed E-state index contributed by atoms with van der Waals surface area (Å²) >= 11 is 5.87. The third kappa shape index (κ3) is 4.03. The molecular formula is C16H8Br2F6. The molecular weight excluding hydrogens is 466 g/mol. The molecule has 0 bridgehead atoms. The van der Waals surface area contributed by atoms with Crippen molar-refractivity contribution in [3.63, 3.8) is 0 Å². The Balaban J connectivity index is 2.68. The number of rotatable bonds is 2. The van der Waals surface area contributed by atoms with Crippen molar-refractivity contribution in [1.29, 1.82) is 0 Å². The smallest absolute Gasteiger partial charge is 0.166 e. The van der Waals surface area contributed by atoms with Crippen LogP contribution >= 0.6 is 31.9 Å². The van der Waals surface area contributed by atoms with Gasteiger partial charge in [0, 0.05) is 8.95 Å². The standard InChI is InChI=1S/C16H8Br2F6/c1-8(11-4-2-9(17)6-13(11)15(19,20)21)12-5-3-10(18)7-14(12)16(22,23)24/h2-7H,1H2. The maximum absolute atomic E-state index is 13.2.